The van der Waals surface area contributed by atoms with Gasteiger partial charge in [0.05, 0.1) is 13.2 Å². The second-order valence-corrected chi connectivity index (χ2v) is 8.28. The molecule has 0 aliphatic carbocycles. The van der Waals surface area contributed by atoms with Crippen molar-refractivity contribution in [3.05, 3.63) is 56.2 Å². The molecule has 1 aliphatic rings. The number of hydrogen-bond donors (Lipinski definition) is 2. The number of aromatic nitrogens is 2. The summed E-state index contributed by atoms with van der Waals surface area (Å²) in [5.41, 5.74) is 2.67. The van der Waals surface area contributed by atoms with E-state index in [-0.39, 0.29) is 11.2 Å². The zero-order valence-corrected chi connectivity index (χ0v) is 18.5. The van der Waals surface area contributed by atoms with Gasteiger partial charge in [0.1, 0.15) is 5.82 Å². The fraction of sp³-hybridized carbons (Fsp3) is 0.565. The summed E-state index contributed by atoms with van der Waals surface area (Å²) in [5, 5.41) is 3.15. The molecule has 7 nitrogen and oxygen atoms in total. The summed E-state index contributed by atoms with van der Waals surface area (Å²) >= 11 is 0. The normalized spacial score (nSPS) is 19.7. The maximum atomic E-state index is 12.5. The maximum absolute atomic E-state index is 12.5. The monoisotopic (exact) mass is 414 g/mol. The lowest BCUT2D eigenvalue weighted by Gasteiger charge is -2.38. The molecule has 2 heterocycles. The molecule has 30 heavy (non-hydrogen) atoms. The second-order valence-electron chi connectivity index (χ2n) is 8.28. The number of anilines is 2. The molecule has 7 heteroatoms. The molecule has 3 rings (SSSR count). The van der Waals surface area contributed by atoms with Crippen LogP contribution < -0.4 is 16.6 Å². The van der Waals surface area contributed by atoms with Crippen molar-refractivity contribution < 1.29 is 4.74 Å². The van der Waals surface area contributed by atoms with Crippen LogP contribution in [0, 0.1) is 6.92 Å². The first-order chi connectivity index (χ1) is 14.4. The lowest BCUT2D eigenvalue weighted by Crippen LogP contribution is -2.49. The van der Waals surface area contributed by atoms with E-state index in [9.17, 15) is 9.59 Å². The number of ether oxygens (including phenoxy) is 1. The number of nitrogens with zero attached hydrogens (tertiary/aromatic N) is 2. The van der Waals surface area contributed by atoms with E-state index in [2.05, 4.69) is 42.9 Å². The van der Waals surface area contributed by atoms with Gasteiger partial charge in [0.15, 0.2) is 0 Å². The Hall–Kier alpha value is -2.38. The summed E-state index contributed by atoms with van der Waals surface area (Å²) in [7, 11) is 0. The van der Waals surface area contributed by atoms with Gasteiger partial charge in [-0.15, -0.1) is 0 Å². The third-order valence-electron chi connectivity index (χ3n) is 5.93. The van der Waals surface area contributed by atoms with Crippen LogP contribution in [0.4, 0.5) is 11.5 Å². The predicted molar refractivity (Wildman–Crippen MR) is 121 cm³/mol. The molecule has 2 N–H and O–H groups in total. The topological polar surface area (TPSA) is 79.4 Å². The molecule has 0 unspecified atom stereocenters. The van der Waals surface area contributed by atoms with E-state index in [0.717, 1.165) is 44.7 Å². The minimum Gasteiger partial charge on any atom is -0.378 e. The Morgan fingerprint density at radius 2 is 1.80 bits per heavy atom. The molecule has 164 valence electrons. The van der Waals surface area contributed by atoms with Gasteiger partial charge in [0.25, 0.3) is 5.56 Å². The number of benzene rings is 1. The number of rotatable bonds is 8. The van der Waals surface area contributed by atoms with Crippen LogP contribution in [0.5, 0.6) is 0 Å². The number of H-pyrrole nitrogens is 1. The second kappa shape index (κ2) is 10.1. The van der Waals surface area contributed by atoms with Gasteiger partial charge in [-0.05, 0) is 69.8 Å². The molecule has 0 radical (unpaired) electrons. The van der Waals surface area contributed by atoms with Gasteiger partial charge in [-0.1, -0.05) is 13.0 Å². The number of aromatic amines is 1. The summed E-state index contributed by atoms with van der Waals surface area (Å²) in [5.74, 6) is 0.420. The van der Waals surface area contributed by atoms with E-state index in [0.29, 0.717) is 24.4 Å². The highest BCUT2D eigenvalue weighted by atomic mass is 16.5. The van der Waals surface area contributed by atoms with Crippen molar-refractivity contribution in [2.45, 2.75) is 65.6 Å². The predicted octanol–water partition coefficient (Wildman–Crippen LogP) is 3.04. The van der Waals surface area contributed by atoms with E-state index in [1.807, 2.05) is 18.2 Å². The molecule has 1 fully saturated rings. The summed E-state index contributed by atoms with van der Waals surface area (Å²) in [6.45, 7) is 11.4. The molecule has 1 aromatic carbocycles. The molecule has 2 atom stereocenters. The minimum atomic E-state index is -0.374. The van der Waals surface area contributed by atoms with Crippen molar-refractivity contribution in [1.82, 2.24) is 14.5 Å². The number of unbranched alkanes of at least 4 members (excludes halogenated alkanes) is 1. The van der Waals surface area contributed by atoms with Crippen molar-refractivity contribution in [2.75, 3.05) is 25.1 Å². The van der Waals surface area contributed by atoms with Crippen LogP contribution in [0.25, 0.3) is 0 Å². The van der Waals surface area contributed by atoms with Gasteiger partial charge in [0, 0.05) is 30.4 Å². The largest absolute Gasteiger partial charge is 0.378 e. The van der Waals surface area contributed by atoms with Crippen molar-refractivity contribution in [3.8, 4) is 0 Å². The Balaban J connectivity index is 1.59. The van der Waals surface area contributed by atoms with E-state index < -0.39 is 0 Å². The molecule has 0 spiro atoms. The molecule has 0 saturated carbocycles. The Morgan fingerprint density at radius 1 is 1.10 bits per heavy atom. The molecule has 1 aliphatic heterocycles. The summed E-state index contributed by atoms with van der Waals surface area (Å²) < 4.78 is 6.85. The molecule has 0 amide bonds. The van der Waals surface area contributed by atoms with Crippen molar-refractivity contribution in [3.63, 3.8) is 0 Å². The Bertz CT molecular complexity index is 924. The fourth-order valence-corrected chi connectivity index (χ4v) is 4.13. The first-order valence-corrected chi connectivity index (χ1v) is 10.9. The first kappa shape index (κ1) is 22.3. The van der Waals surface area contributed by atoms with E-state index in [4.69, 9.17) is 4.74 Å². The molecule has 1 saturated heterocycles. The first-order valence-electron chi connectivity index (χ1n) is 10.9. The van der Waals surface area contributed by atoms with Crippen molar-refractivity contribution in [2.24, 2.45) is 0 Å². The smallest absolute Gasteiger partial charge is 0.329 e. The minimum absolute atomic E-state index is 0.280. The summed E-state index contributed by atoms with van der Waals surface area (Å²) in [6.07, 6.45) is 2.65. The molecule has 1 aromatic heterocycles. The van der Waals surface area contributed by atoms with E-state index in [1.54, 1.807) is 0 Å². The van der Waals surface area contributed by atoms with Gasteiger partial charge in [-0.3, -0.25) is 19.2 Å². The fourth-order valence-electron chi connectivity index (χ4n) is 4.13. The lowest BCUT2D eigenvalue weighted by molar-refractivity contribution is -0.0371. The Kier molecular flexibility index (Phi) is 7.50. The standard InChI is InChI=1S/C23H34N4O3/c1-5-19-12-20(9-8-16(19)2)24-21-13-22(28)27(23(29)25-21)11-7-6-10-26-17(3)14-30-15-18(26)4/h8-9,12-13,17-18,24H,5-7,10-11,14-15H2,1-4H3,(H,25,29)/t17-,18+. The lowest BCUT2D eigenvalue weighted by atomic mass is 10.1. The van der Waals surface area contributed by atoms with Gasteiger partial charge in [0.2, 0.25) is 0 Å². The van der Waals surface area contributed by atoms with Crippen molar-refractivity contribution in [1.29, 1.82) is 0 Å². The summed E-state index contributed by atoms with van der Waals surface area (Å²) in [4.78, 5) is 30.2. The maximum Gasteiger partial charge on any atom is 0.329 e. The van der Waals surface area contributed by atoms with Crippen LogP contribution in [0.2, 0.25) is 0 Å². The van der Waals surface area contributed by atoms with Gasteiger partial charge >= 0.3 is 5.69 Å². The van der Waals surface area contributed by atoms with E-state index in [1.165, 1.54) is 21.8 Å². The quantitative estimate of drug-likeness (QED) is 0.649. The number of hydrogen-bond acceptors (Lipinski definition) is 5. The van der Waals surface area contributed by atoms with Crippen LogP contribution in [0.1, 0.15) is 44.7 Å². The van der Waals surface area contributed by atoms with Gasteiger partial charge in [-0.2, -0.15) is 0 Å². The van der Waals surface area contributed by atoms with Crippen LogP contribution in [-0.4, -0.2) is 46.3 Å². The molecular formula is C23H34N4O3. The highest BCUT2D eigenvalue weighted by molar-refractivity contribution is 5.57. The number of nitrogens with one attached hydrogen (secondary N) is 2. The molecule has 0 bridgehead atoms. The van der Waals surface area contributed by atoms with Gasteiger partial charge < -0.3 is 10.1 Å². The SMILES string of the molecule is CCc1cc(Nc2cc(=O)n(CCCCN3[C@H](C)COC[C@@H]3C)c(=O)[nH]2)ccc1C. The van der Waals surface area contributed by atoms with Crippen LogP contribution in [0.3, 0.4) is 0 Å². The van der Waals surface area contributed by atoms with Crippen LogP contribution in [-0.2, 0) is 17.7 Å². The highest BCUT2D eigenvalue weighted by Gasteiger charge is 2.24. The zero-order valence-electron chi connectivity index (χ0n) is 18.5. The average Bonchev–Trinajstić information content (AvgIpc) is 2.70. The number of aryl methyl sites for hydroxylation is 2. The van der Waals surface area contributed by atoms with Crippen LogP contribution in [0.15, 0.2) is 33.9 Å². The third-order valence-corrected chi connectivity index (χ3v) is 5.93. The average molecular weight is 415 g/mol. The van der Waals surface area contributed by atoms with Crippen LogP contribution >= 0.6 is 0 Å². The molecule has 2 aromatic rings. The molecular weight excluding hydrogens is 380 g/mol. The van der Waals surface area contributed by atoms with E-state index >= 15 is 0 Å². The van der Waals surface area contributed by atoms with Gasteiger partial charge in [-0.25, -0.2) is 4.79 Å². The number of morpholine rings is 1. The third kappa shape index (κ3) is 5.40. The Morgan fingerprint density at radius 3 is 2.47 bits per heavy atom. The van der Waals surface area contributed by atoms with Crippen molar-refractivity contribution >= 4 is 11.5 Å². The Labute approximate surface area is 178 Å². The zero-order chi connectivity index (χ0) is 21.7. The summed E-state index contributed by atoms with van der Waals surface area (Å²) in [6, 6.07) is 8.30. The highest BCUT2D eigenvalue weighted by Crippen LogP contribution is 2.18.